The van der Waals surface area contributed by atoms with Gasteiger partial charge in [-0.05, 0) is 48.0 Å². The molecule has 0 atom stereocenters. The van der Waals surface area contributed by atoms with E-state index in [0.29, 0.717) is 17.5 Å². The van der Waals surface area contributed by atoms with Crippen LogP contribution in [-0.4, -0.2) is 23.2 Å². The van der Waals surface area contributed by atoms with Crippen LogP contribution in [0.2, 0.25) is 0 Å². The molecule has 4 rings (SSSR count). The molecule has 0 fully saturated rings. The molecule has 0 spiro atoms. The molecule has 0 aliphatic carbocycles. The number of ether oxygens (including phenoxy) is 1. The molecule has 0 saturated heterocycles. The molecule has 1 aromatic heterocycles. The van der Waals surface area contributed by atoms with Crippen molar-refractivity contribution in [3.63, 3.8) is 0 Å². The van der Waals surface area contributed by atoms with Crippen LogP contribution < -0.4 is 10.1 Å². The maximum Gasteiger partial charge on any atom is 0.248 e. The fourth-order valence-electron chi connectivity index (χ4n) is 2.90. The second kappa shape index (κ2) is 8.39. The molecule has 1 heterocycles. The summed E-state index contributed by atoms with van der Waals surface area (Å²) in [6, 6.07) is 24.3. The highest BCUT2D eigenvalue weighted by molar-refractivity contribution is 5.92. The summed E-state index contributed by atoms with van der Waals surface area (Å²) >= 11 is 0. The number of aromatic nitrogens is 2. The van der Waals surface area contributed by atoms with E-state index in [1.54, 1.807) is 7.11 Å². The van der Waals surface area contributed by atoms with E-state index in [-0.39, 0.29) is 12.3 Å². The summed E-state index contributed by atoms with van der Waals surface area (Å²) in [5.74, 6) is 1.50. The van der Waals surface area contributed by atoms with E-state index in [2.05, 4.69) is 15.5 Å². The van der Waals surface area contributed by atoms with Crippen LogP contribution >= 0.6 is 0 Å². The number of nitrogens with one attached hydrogen (secondary N) is 1. The molecular weight excluding hydrogens is 366 g/mol. The highest BCUT2D eigenvalue weighted by atomic mass is 16.5. The Kier molecular flexibility index (Phi) is 5.33. The van der Waals surface area contributed by atoms with Crippen LogP contribution in [0.15, 0.2) is 83.3 Å². The number of rotatable bonds is 6. The summed E-state index contributed by atoms with van der Waals surface area (Å²) in [7, 11) is 1.61. The van der Waals surface area contributed by atoms with Crippen molar-refractivity contribution in [2.45, 2.75) is 6.42 Å². The van der Waals surface area contributed by atoms with E-state index in [4.69, 9.17) is 9.15 Å². The van der Waals surface area contributed by atoms with Gasteiger partial charge in [-0.1, -0.05) is 36.4 Å². The standard InChI is InChI=1S/C23H19N3O3/c1-28-20-12-10-16(11-13-20)14-21(27)24-19-9-5-8-18(15-19)23-26-25-22(29-23)17-6-3-2-4-7-17/h2-13,15H,14H2,1H3,(H,24,27). The summed E-state index contributed by atoms with van der Waals surface area (Å²) in [4.78, 5) is 12.4. The van der Waals surface area contributed by atoms with Gasteiger partial charge in [-0.15, -0.1) is 10.2 Å². The largest absolute Gasteiger partial charge is 0.497 e. The van der Waals surface area contributed by atoms with Gasteiger partial charge in [0, 0.05) is 16.8 Å². The molecule has 0 bridgehead atoms. The van der Waals surface area contributed by atoms with E-state index in [1.165, 1.54) is 0 Å². The van der Waals surface area contributed by atoms with Crippen LogP contribution in [0.5, 0.6) is 5.75 Å². The highest BCUT2D eigenvalue weighted by Gasteiger charge is 2.11. The van der Waals surface area contributed by atoms with Crippen molar-refractivity contribution in [3.05, 3.63) is 84.4 Å². The molecule has 3 aromatic carbocycles. The molecule has 0 saturated carbocycles. The number of methoxy groups -OCH3 is 1. The molecule has 0 aliphatic rings. The van der Waals surface area contributed by atoms with Crippen LogP contribution in [0.4, 0.5) is 5.69 Å². The molecule has 0 unspecified atom stereocenters. The van der Waals surface area contributed by atoms with Crippen LogP contribution in [0.3, 0.4) is 0 Å². The normalized spacial score (nSPS) is 10.5. The van der Waals surface area contributed by atoms with Gasteiger partial charge >= 0.3 is 0 Å². The fourth-order valence-corrected chi connectivity index (χ4v) is 2.90. The number of hydrogen-bond donors (Lipinski definition) is 1. The van der Waals surface area contributed by atoms with Crippen molar-refractivity contribution in [1.29, 1.82) is 0 Å². The summed E-state index contributed by atoms with van der Waals surface area (Å²) in [6.45, 7) is 0. The minimum Gasteiger partial charge on any atom is -0.497 e. The predicted molar refractivity (Wildman–Crippen MR) is 110 cm³/mol. The van der Waals surface area contributed by atoms with Crippen LogP contribution in [0.25, 0.3) is 22.9 Å². The molecule has 6 nitrogen and oxygen atoms in total. The Labute approximate surface area is 168 Å². The number of carbonyl (C=O) groups is 1. The van der Waals surface area contributed by atoms with E-state index in [9.17, 15) is 4.79 Å². The first-order chi connectivity index (χ1) is 14.2. The SMILES string of the molecule is COc1ccc(CC(=O)Nc2cccc(-c3nnc(-c4ccccc4)o3)c2)cc1. The third-order valence-electron chi connectivity index (χ3n) is 4.36. The number of carbonyl (C=O) groups excluding carboxylic acids is 1. The van der Waals surface area contributed by atoms with Crippen LogP contribution in [0, 0.1) is 0 Å². The van der Waals surface area contributed by atoms with Crippen molar-refractivity contribution in [1.82, 2.24) is 10.2 Å². The molecular formula is C23H19N3O3. The number of hydrogen-bond acceptors (Lipinski definition) is 5. The quantitative estimate of drug-likeness (QED) is 0.525. The zero-order valence-electron chi connectivity index (χ0n) is 15.8. The van der Waals surface area contributed by atoms with Crippen molar-refractivity contribution < 1.29 is 13.9 Å². The second-order valence-electron chi connectivity index (χ2n) is 6.43. The first kappa shape index (κ1) is 18.4. The van der Waals surface area contributed by atoms with Crippen molar-refractivity contribution in [2.24, 2.45) is 0 Å². The fraction of sp³-hybridized carbons (Fsp3) is 0.0870. The summed E-state index contributed by atoms with van der Waals surface area (Å²) in [5, 5.41) is 11.1. The van der Waals surface area contributed by atoms with Gasteiger partial charge < -0.3 is 14.5 Å². The first-order valence-electron chi connectivity index (χ1n) is 9.13. The Balaban J connectivity index is 1.46. The van der Waals surface area contributed by atoms with Crippen LogP contribution in [-0.2, 0) is 11.2 Å². The summed E-state index contributed by atoms with van der Waals surface area (Å²) in [6.07, 6.45) is 0.271. The lowest BCUT2D eigenvalue weighted by atomic mass is 10.1. The monoisotopic (exact) mass is 385 g/mol. The smallest absolute Gasteiger partial charge is 0.248 e. The van der Waals surface area contributed by atoms with Gasteiger partial charge in [0.25, 0.3) is 0 Å². The molecule has 0 aliphatic heterocycles. The summed E-state index contributed by atoms with van der Waals surface area (Å²) in [5.41, 5.74) is 3.17. The average molecular weight is 385 g/mol. The Morgan fingerprint density at radius 2 is 1.59 bits per heavy atom. The molecule has 1 N–H and O–H groups in total. The average Bonchev–Trinajstić information content (AvgIpc) is 3.25. The minimum absolute atomic E-state index is 0.108. The van der Waals surface area contributed by atoms with E-state index >= 15 is 0 Å². The number of amides is 1. The topological polar surface area (TPSA) is 77.2 Å². The highest BCUT2D eigenvalue weighted by Crippen LogP contribution is 2.25. The lowest BCUT2D eigenvalue weighted by Gasteiger charge is -2.07. The lowest BCUT2D eigenvalue weighted by Crippen LogP contribution is -2.14. The minimum atomic E-state index is -0.108. The maximum absolute atomic E-state index is 12.4. The van der Waals surface area contributed by atoms with E-state index in [1.807, 2.05) is 78.9 Å². The zero-order chi connectivity index (χ0) is 20.1. The van der Waals surface area contributed by atoms with Gasteiger partial charge in [-0.3, -0.25) is 4.79 Å². The molecule has 1 amide bonds. The third-order valence-corrected chi connectivity index (χ3v) is 4.36. The maximum atomic E-state index is 12.4. The Morgan fingerprint density at radius 3 is 2.31 bits per heavy atom. The first-order valence-corrected chi connectivity index (χ1v) is 9.13. The van der Waals surface area contributed by atoms with E-state index < -0.39 is 0 Å². The lowest BCUT2D eigenvalue weighted by molar-refractivity contribution is -0.115. The van der Waals surface area contributed by atoms with Crippen LogP contribution in [0.1, 0.15) is 5.56 Å². The van der Waals surface area contributed by atoms with Crippen molar-refractivity contribution in [3.8, 4) is 28.7 Å². The van der Waals surface area contributed by atoms with Gasteiger partial charge in [0.2, 0.25) is 17.7 Å². The summed E-state index contributed by atoms with van der Waals surface area (Å²) < 4.78 is 10.9. The predicted octanol–water partition coefficient (Wildman–Crippen LogP) is 4.59. The molecule has 144 valence electrons. The number of benzene rings is 3. The Bertz CT molecular complexity index is 1110. The van der Waals surface area contributed by atoms with Gasteiger partial charge in [-0.2, -0.15) is 0 Å². The van der Waals surface area contributed by atoms with Crippen molar-refractivity contribution >= 4 is 11.6 Å². The zero-order valence-corrected chi connectivity index (χ0v) is 15.8. The molecule has 0 radical (unpaired) electrons. The van der Waals surface area contributed by atoms with Crippen molar-refractivity contribution in [2.75, 3.05) is 12.4 Å². The Morgan fingerprint density at radius 1 is 0.897 bits per heavy atom. The second-order valence-corrected chi connectivity index (χ2v) is 6.43. The number of anilines is 1. The van der Waals surface area contributed by atoms with Gasteiger partial charge in [-0.25, -0.2) is 0 Å². The third kappa shape index (κ3) is 4.50. The number of nitrogens with zero attached hydrogens (tertiary/aromatic N) is 2. The van der Waals surface area contributed by atoms with Gasteiger partial charge in [0.05, 0.1) is 13.5 Å². The molecule has 29 heavy (non-hydrogen) atoms. The molecule has 6 heteroatoms. The van der Waals surface area contributed by atoms with Gasteiger partial charge in [0.1, 0.15) is 5.75 Å². The molecule has 4 aromatic rings. The Hall–Kier alpha value is -3.93. The van der Waals surface area contributed by atoms with Gasteiger partial charge in [0.15, 0.2) is 0 Å². The van der Waals surface area contributed by atoms with E-state index in [0.717, 1.165) is 22.4 Å².